The molecule has 0 amide bonds. The number of hydrogen-bond acceptors (Lipinski definition) is 5. The number of halogens is 2. The van der Waals surface area contributed by atoms with Crippen molar-refractivity contribution < 1.29 is 36.0 Å². The molecule has 1 saturated heterocycles. The molecule has 2 unspecified atom stereocenters. The molecule has 0 saturated carbocycles. The van der Waals surface area contributed by atoms with E-state index in [1.54, 1.807) is 12.1 Å². The molecule has 1 aliphatic heterocycles. The average Bonchev–Trinajstić information content (AvgIpc) is 3.15. The van der Waals surface area contributed by atoms with Crippen LogP contribution in [-0.2, 0) is 30.5 Å². The summed E-state index contributed by atoms with van der Waals surface area (Å²) >= 11 is 0. The van der Waals surface area contributed by atoms with E-state index < -0.39 is 32.4 Å². The maximum atomic E-state index is 13.9. The fourth-order valence-electron chi connectivity index (χ4n) is 3.69. The standard InChI is InChI=1S/C26H26F2O6S2/c1-19(26(27,28)36(29,30)31)34-21-11-15-24(16-12-21)35(22-7-3-2-4-8-22)23-13-9-20(10-14-23)25-32-17-5-6-18-33-25/h2-4,7-16,19,25H,5-6,17-18H2,1H3/p+1. The summed E-state index contributed by atoms with van der Waals surface area (Å²) in [5.74, 6) is 0.0594. The number of hydrogen-bond donors (Lipinski definition) is 1. The van der Waals surface area contributed by atoms with Crippen LogP contribution in [0.15, 0.2) is 93.5 Å². The van der Waals surface area contributed by atoms with Crippen molar-refractivity contribution in [2.45, 2.75) is 52.1 Å². The summed E-state index contributed by atoms with van der Waals surface area (Å²) in [5.41, 5.74) is 0.940. The molecule has 1 N–H and O–H groups in total. The first-order valence-electron chi connectivity index (χ1n) is 11.4. The Morgan fingerprint density at radius 3 is 1.92 bits per heavy atom. The first kappa shape index (κ1) is 26.6. The third-order valence-electron chi connectivity index (χ3n) is 5.63. The maximum Gasteiger partial charge on any atom is 0.405 e. The van der Waals surface area contributed by atoms with Gasteiger partial charge in [-0.2, -0.15) is 17.2 Å². The molecule has 0 aliphatic carbocycles. The zero-order chi connectivity index (χ0) is 25.8. The van der Waals surface area contributed by atoms with Gasteiger partial charge in [-0.1, -0.05) is 18.2 Å². The molecule has 0 radical (unpaired) electrons. The minimum Gasteiger partial charge on any atom is -0.483 e. The summed E-state index contributed by atoms with van der Waals surface area (Å²) in [6.45, 7) is 2.20. The van der Waals surface area contributed by atoms with Gasteiger partial charge in [-0.25, -0.2) is 0 Å². The van der Waals surface area contributed by atoms with E-state index >= 15 is 0 Å². The maximum absolute atomic E-state index is 13.9. The zero-order valence-electron chi connectivity index (χ0n) is 19.5. The first-order valence-corrected chi connectivity index (χ1v) is 14.1. The van der Waals surface area contributed by atoms with Crippen molar-refractivity contribution in [3.05, 3.63) is 84.4 Å². The third-order valence-corrected chi connectivity index (χ3v) is 8.88. The molecule has 0 spiro atoms. The van der Waals surface area contributed by atoms with Crippen LogP contribution in [0.5, 0.6) is 5.75 Å². The van der Waals surface area contributed by atoms with E-state index in [0.717, 1.165) is 40.0 Å². The Balaban J connectivity index is 1.59. The Kier molecular flexibility index (Phi) is 8.31. The van der Waals surface area contributed by atoms with Crippen LogP contribution in [0.3, 0.4) is 0 Å². The van der Waals surface area contributed by atoms with Gasteiger partial charge in [-0.05, 0) is 80.4 Å². The van der Waals surface area contributed by atoms with E-state index in [2.05, 4.69) is 0 Å². The van der Waals surface area contributed by atoms with Crippen molar-refractivity contribution in [1.29, 1.82) is 0 Å². The van der Waals surface area contributed by atoms with Crippen molar-refractivity contribution in [2.75, 3.05) is 13.2 Å². The molecule has 1 fully saturated rings. The Bertz CT molecular complexity index is 1230. The highest BCUT2D eigenvalue weighted by molar-refractivity contribution is 7.97. The second-order valence-electron chi connectivity index (χ2n) is 8.24. The van der Waals surface area contributed by atoms with E-state index in [0.29, 0.717) is 13.2 Å². The van der Waals surface area contributed by atoms with Gasteiger partial charge in [-0.3, -0.25) is 4.55 Å². The normalized spacial score (nSPS) is 17.2. The molecule has 36 heavy (non-hydrogen) atoms. The topological polar surface area (TPSA) is 82.1 Å². The van der Waals surface area contributed by atoms with Crippen LogP contribution in [0.1, 0.15) is 31.6 Å². The van der Waals surface area contributed by atoms with Crippen molar-refractivity contribution in [1.82, 2.24) is 0 Å². The fraction of sp³-hybridized carbons (Fsp3) is 0.308. The second-order valence-corrected chi connectivity index (χ2v) is 11.8. The largest absolute Gasteiger partial charge is 0.483 e. The predicted octanol–water partition coefficient (Wildman–Crippen LogP) is 5.86. The van der Waals surface area contributed by atoms with E-state index in [9.17, 15) is 17.2 Å². The van der Waals surface area contributed by atoms with Crippen LogP contribution >= 0.6 is 0 Å². The van der Waals surface area contributed by atoms with E-state index in [4.69, 9.17) is 18.8 Å². The first-order chi connectivity index (χ1) is 17.2. The van der Waals surface area contributed by atoms with Crippen LogP contribution in [0.25, 0.3) is 0 Å². The molecule has 192 valence electrons. The van der Waals surface area contributed by atoms with Crippen molar-refractivity contribution in [2.24, 2.45) is 0 Å². The molecule has 1 heterocycles. The monoisotopic (exact) mass is 537 g/mol. The van der Waals surface area contributed by atoms with Gasteiger partial charge in [0.2, 0.25) is 0 Å². The number of rotatable bonds is 8. The minimum absolute atomic E-state index is 0.0594. The van der Waals surface area contributed by atoms with Crippen LogP contribution in [0.2, 0.25) is 0 Å². The summed E-state index contributed by atoms with van der Waals surface area (Å²) in [6, 6.07) is 24.5. The minimum atomic E-state index is -5.60. The summed E-state index contributed by atoms with van der Waals surface area (Å²) in [7, 11) is -6.11. The summed E-state index contributed by atoms with van der Waals surface area (Å²) in [5, 5.41) is -4.44. The lowest BCUT2D eigenvalue weighted by Gasteiger charge is -2.21. The molecule has 0 bridgehead atoms. The number of ether oxygens (including phenoxy) is 3. The van der Waals surface area contributed by atoms with E-state index in [1.165, 1.54) is 12.1 Å². The lowest BCUT2D eigenvalue weighted by Crippen LogP contribution is -2.42. The summed E-state index contributed by atoms with van der Waals surface area (Å²) < 4.78 is 75.3. The summed E-state index contributed by atoms with van der Waals surface area (Å²) in [4.78, 5) is 3.02. The second kappa shape index (κ2) is 11.3. The lowest BCUT2D eigenvalue weighted by molar-refractivity contribution is -0.130. The quantitative estimate of drug-likeness (QED) is 0.287. The Morgan fingerprint density at radius 1 is 0.889 bits per heavy atom. The van der Waals surface area contributed by atoms with Crippen LogP contribution in [-0.4, -0.2) is 37.5 Å². The number of alkyl halides is 2. The van der Waals surface area contributed by atoms with Gasteiger partial charge in [0.25, 0.3) is 0 Å². The van der Waals surface area contributed by atoms with Crippen molar-refractivity contribution in [3.63, 3.8) is 0 Å². The van der Waals surface area contributed by atoms with Gasteiger partial charge in [0.05, 0.1) is 24.1 Å². The molecule has 4 rings (SSSR count). The predicted molar refractivity (Wildman–Crippen MR) is 132 cm³/mol. The number of benzene rings is 3. The highest BCUT2D eigenvalue weighted by Crippen LogP contribution is 2.34. The van der Waals surface area contributed by atoms with Crippen LogP contribution in [0, 0.1) is 0 Å². The fourth-order valence-corrected chi connectivity index (χ4v) is 6.22. The van der Waals surface area contributed by atoms with Crippen LogP contribution in [0.4, 0.5) is 8.78 Å². The molecule has 1 aliphatic rings. The molecular weight excluding hydrogens is 510 g/mol. The molecule has 6 nitrogen and oxygen atoms in total. The lowest BCUT2D eigenvalue weighted by atomic mass is 10.2. The van der Waals surface area contributed by atoms with Gasteiger partial charge in [0, 0.05) is 5.56 Å². The Labute approximate surface area is 212 Å². The highest BCUT2D eigenvalue weighted by Gasteiger charge is 2.51. The summed E-state index contributed by atoms with van der Waals surface area (Å²) in [6.07, 6.45) is -0.526. The molecular formula is C26H27F2O6S2+. The SMILES string of the molecule is CC(Oc1ccc([S+](c2ccccc2)c2ccc(C3OCCCCO3)cc2)cc1)C(F)(F)S(=O)(=O)O. The smallest absolute Gasteiger partial charge is 0.405 e. The van der Waals surface area contributed by atoms with Crippen molar-refractivity contribution in [3.8, 4) is 5.75 Å². The third kappa shape index (κ3) is 6.07. The van der Waals surface area contributed by atoms with Gasteiger partial charge in [0.1, 0.15) is 5.75 Å². The average molecular weight is 538 g/mol. The van der Waals surface area contributed by atoms with Gasteiger partial charge in [-0.15, -0.1) is 0 Å². The highest BCUT2D eigenvalue weighted by atomic mass is 32.2. The van der Waals surface area contributed by atoms with Crippen molar-refractivity contribution >= 4 is 21.0 Å². The van der Waals surface area contributed by atoms with E-state index in [1.807, 2.05) is 54.6 Å². The Morgan fingerprint density at radius 2 is 1.39 bits per heavy atom. The Hall–Kier alpha value is -2.50. The van der Waals surface area contributed by atoms with Gasteiger partial charge < -0.3 is 14.2 Å². The van der Waals surface area contributed by atoms with E-state index in [-0.39, 0.29) is 12.0 Å². The van der Waals surface area contributed by atoms with Gasteiger partial charge in [0.15, 0.2) is 27.1 Å². The van der Waals surface area contributed by atoms with Crippen LogP contribution < -0.4 is 4.74 Å². The molecule has 3 aromatic carbocycles. The molecule has 2 atom stereocenters. The molecule has 0 aromatic heterocycles. The molecule has 3 aromatic rings. The zero-order valence-corrected chi connectivity index (χ0v) is 21.2. The molecule has 10 heteroatoms. The van der Waals surface area contributed by atoms with Gasteiger partial charge >= 0.3 is 15.4 Å².